The number of benzene rings is 5. The molecule has 0 saturated heterocycles. The lowest BCUT2D eigenvalue weighted by Crippen LogP contribution is -2.09. The van der Waals surface area contributed by atoms with Crippen LogP contribution in [0.4, 0.5) is 8.78 Å². The lowest BCUT2D eigenvalue weighted by Gasteiger charge is -2.18. The van der Waals surface area contributed by atoms with Crippen LogP contribution in [0.15, 0.2) is 103 Å². The maximum Gasteiger partial charge on any atom is 0.328 e. The molecule has 286 valence electrons. The van der Waals surface area contributed by atoms with Crippen LogP contribution in [0.1, 0.15) is 50.3 Å². The first kappa shape index (κ1) is 40.0. The van der Waals surface area contributed by atoms with Gasteiger partial charge < -0.3 is 28.8 Å². The van der Waals surface area contributed by atoms with Gasteiger partial charge in [0, 0.05) is 54.7 Å². The van der Waals surface area contributed by atoms with E-state index in [0.29, 0.717) is 97.5 Å². The molecule has 0 radical (unpaired) electrons. The van der Waals surface area contributed by atoms with Gasteiger partial charge in [-0.3, -0.25) is 4.79 Å². The highest BCUT2D eigenvalue weighted by Crippen LogP contribution is 2.39. The summed E-state index contributed by atoms with van der Waals surface area (Å²) < 4.78 is 57.7. The number of hydrogen-bond donors (Lipinski definition) is 1. The molecule has 55 heavy (non-hydrogen) atoms. The highest BCUT2D eigenvalue weighted by molar-refractivity contribution is 5.86. The fourth-order valence-corrected chi connectivity index (χ4v) is 5.86. The van der Waals surface area contributed by atoms with Crippen molar-refractivity contribution in [2.45, 2.75) is 46.5 Å². The van der Waals surface area contributed by atoms with Crippen molar-refractivity contribution in [2.24, 2.45) is 0 Å². The van der Waals surface area contributed by atoms with Crippen molar-refractivity contribution < 1.29 is 47.2 Å². The van der Waals surface area contributed by atoms with Crippen molar-refractivity contribution in [1.82, 2.24) is 0 Å². The second kappa shape index (κ2) is 19.8. The predicted molar refractivity (Wildman–Crippen MR) is 208 cm³/mol. The van der Waals surface area contributed by atoms with E-state index in [9.17, 15) is 18.4 Å². The fraction of sp³-hybridized carbons (Fsp3) is 0.244. The molecule has 5 rings (SSSR count). The molecule has 1 N–H and O–H groups in total. The molecule has 5 aromatic rings. The van der Waals surface area contributed by atoms with E-state index in [1.165, 1.54) is 37.3 Å². The number of carboxylic acid groups (broad SMARTS) is 1. The zero-order valence-corrected chi connectivity index (χ0v) is 31.1. The molecule has 0 fully saturated rings. The summed E-state index contributed by atoms with van der Waals surface area (Å²) in [6.45, 7) is 6.67. The maximum atomic E-state index is 13.9. The van der Waals surface area contributed by atoms with Gasteiger partial charge in [-0.25, -0.2) is 13.6 Å². The highest BCUT2D eigenvalue weighted by Gasteiger charge is 2.17. The van der Waals surface area contributed by atoms with Crippen molar-refractivity contribution in [3.05, 3.63) is 131 Å². The number of para-hydroxylation sites is 1. The van der Waals surface area contributed by atoms with Crippen LogP contribution in [0.3, 0.4) is 0 Å². The molecule has 0 spiro atoms. The normalized spacial score (nSPS) is 11.0. The molecule has 10 heteroatoms. The molecule has 0 bridgehead atoms. The van der Waals surface area contributed by atoms with E-state index in [2.05, 4.69) is 0 Å². The van der Waals surface area contributed by atoms with Crippen molar-refractivity contribution in [2.75, 3.05) is 26.4 Å². The minimum atomic E-state index is -1.04. The largest absolute Gasteiger partial charge is 0.493 e. The number of carbonyl (C=O) groups excluding carboxylic acids is 1. The van der Waals surface area contributed by atoms with Crippen LogP contribution in [-0.4, -0.2) is 43.5 Å². The number of halogens is 2. The summed E-state index contributed by atoms with van der Waals surface area (Å²) in [4.78, 5) is 22.9. The number of ether oxygens (including phenoxy) is 5. The van der Waals surface area contributed by atoms with Gasteiger partial charge in [0.15, 0.2) is 0 Å². The van der Waals surface area contributed by atoms with Crippen LogP contribution in [0.25, 0.3) is 28.3 Å². The van der Waals surface area contributed by atoms with Gasteiger partial charge in [0.05, 0.1) is 26.4 Å². The van der Waals surface area contributed by atoms with E-state index in [-0.39, 0.29) is 11.6 Å². The number of esters is 1. The van der Waals surface area contributed by atoms with Crippen LogP contribution in [-0.2, 0) is 22.4 Å². The predicted octanol–water partition coefficient (Wildman–Crippen LogP) is 10.1. The van der Waals surface area contributed by atoms with Crippen molar-refractivity contribution in [3.8, 4) is 51.0 Å². The van der Waals surface area contributed by atoms with Crippen molar-refractivity contribution in [3.63, 3.8) is 0 Å². The van der Waals surface area contributed by atoms with Gasteiger partial charge in [0.1, 0.15) is 40.4 Å². The van der Waals surface area contributed by atoms with Crippen LogP contribution in [0, 0.1) is 11.6 Å². The molecule has 0 atom stereocenters. The average Bonchev–Trinajstić information content (AvgIpc) is 3.17. The molecule has 0 aliphatic carbocycles. The van der Waals surface area contributed by atoms with Gasteiger partial charge in [0.2, 0.25) is 0 Å². The fourth-order valence-electron chi connectivity index (χ4n) is 5.86. The Kier molecular flexibility index (Phi) is 14.4. The number of aliphatic carboxylic acids is 1. The Bertz CT molecular complexity index is 2090. The Morgan fingerprint density at radius 2 is 1.05 bits per heavy atom. The van der Waals surface area contributed by atoms with Gasteiger partial charge in [-0.15, -0.1) is 0 Å². The first-order valence-electron chi connectivity index (χ1n) is 18.2. The highest BCUT2D eigenvalue weighted by atomic mass is 19.1. The topological polar surface area (TPSA) is 101 Å². The molecule has 0 aliphatic rings. The van der Waals surface area contributed by atoms with Crippen LogP contribution in [0.5, 0.6) is 28.7 Å². The summed E-state index contributed by atoms with van der Waals surface area (Å²) in [5, 5.41) is 8.99. The van der Waals surface area contributed by atoms with E-state index >= 15 is 0 Å². The number of aryl methyl sites for hydroxylation is 2. The summed E-state index contributed by atoms with van der Waals surface area (Å²) in [5.74, 6) is 0.489. The molecular weight excluding hydrogens is 706 g/mol. The van der Waals surface area contributed by atoms with Gasteiger partial charge in [-0.2, -0.15) is 0 Å². The van der Waals surface area contributed by atoms with E-state index in [0.717, 1.165) is 28.3 Å². The Labute approximate surface area is 319 Å². The van der Waals surface area contributed by atoms with Crippen molar-refractivity contribution >= 4 is 18.0 Å². The minimum Gasteiger partial charge on any atom is -0.493 e. The number of carbonyl (C=O) groups is 2. The lowest BCUT2D eigenvalue weighted by molar-refractivity contribution is -0.132. The number of rotatable bonds is 19. The number of carboxylic acids is 1. The van der Waals surface area contributed by atoms with Crippen LogP contribution >= 0.6 is 0 Å². The Morgan fingerprint density at radius 3 is 1.55 bits per heavy atom. The smallest absolute Gasteiger partial charge is 0.328 e. The SMILES string of the molecule is CCc1cc(-c2ccc(F)cc2)c(OCCCOc2cc(OC(C)=O)c(-c3ccc(F)cc3)cc2CC)cc1OCCCOc1ccccc1C=CC(=O)O. The third kappa shape index (κ3) is 11.4. The van der Waals surface area contributed by atoms with Gasteiger partial charge in [-0.05, 0) is 83.6 Å². The van der Waals surface area contributed by atoms with E-state index < -0.39 is 11.9 Å². The second-order valence-corrected chi connectivity index (χ2v) is 12.5. The number of hydrogen-bond acceptors (Lipinski definition) is 7. The molecular formula is C45H44F2O8. The van der Waals surface area contributed by atoms with E-state index in [1.54, 1.807) is 42.5 Å². The molecule has 0 saturated carbocycles. The Hall–Kier alpha value is -6.16. The molecule has 0 heterocycles. The molecule has 5 aromatic carbocycles. The minimum absolute atomic E-state index is 0.300. The Balaban J connectivity index is 1.26. The lowest BCUT2D eigenvalue weighted by atomic mass is 9.99. The zero-order chi connectivity index (χ0) is 39.2. The van der Waals surface area contributed by atoms with Crippen LogP contribution < -0.4 is 23.7 Å². The third-order valence-corrected chi connectivity index (χ3v) is 8.58. The van der Waals surface area contributed by atoms with E-state index in [1.807, 2.05) is 44.2 Å². The van der Waals surface area contributed by atoms with E-state index in [4.69, 9.17) is 28.8 Å². The second-order valence-electron chi connectivity index (χ2n) is 12.5. The monoisotopic (exact) mass is 750 g/mol. The maximum absolute atomic E-state index is 13.9. The quantitative estimate of drug-likeness (QED) is 0.0385. The van der Waals surface area contributed by atoms with Gasteiger partial charge in [0.25, 0.3) is 0 Å². The molecule has 8 nitrogen and oxygen atoms in total. The molecule has 0 amide bonds. The zero-order valence-electron chi connectivity index (χ0n) is 31.1. The van der Waals surface area contributed by atoms with Crippen molar-refractivity contribution in [1.29, 1.82) is 0 Å². The summed E-state index contributed by atoms with van der Waals surface area (Å²) >= 11 is 0. The molecule has 0 unspecified atom stereocenters. The molecule has 0 aliphatic heterocycles. The van der Waals surface area contributed by atoms with Gasteiger partial charge >= 0.3 is 11.9 Å². The first-order valence-corrected chi connectivity index (χ1v) is 18.2. The summed E-state index contributed by atoms with van der Waals surface area (Å²) in [7, 11) is 0. The van der Waals surface area contributed by atoms with Crippen LogP contribution in [0.2, 0.25) is 0 Å². The third-order valence-electron chi connectivity index (χ3n) is 8.58. The average molecular weight is 751 g/mol. The summed E-state index contributed by atoms with van der Waals surface area (Å²) in [5.41, 5.74) is 5.49. The molecule has 0 aromatic heterocycles. The summed E-state index contributed by atoms with van der Waals surface area (Å²) in [6.07, 6.45) is 4.99. The first-order chi connectivity index (χ1) is 26.6. The Morgan fingerprint density at radius 1 is 0.600 bits per heavy atom. The van der Waals surface area contributed by atoms with Gasteiger partial charge in [-0.1, -0.05) is 56.3 Å². The standard InChI is InChI=1S/C45H44F2O8/c1-4-31-26-38(33-12-17-36(46)18-13-33)43(28-41(31)52-23-8-22-51-40-11-7-6-10-35(40)16-21-45(49)50)54-25-9-24-53-42-29-44(55-30(3)48)39(27-32(42)5-2)34-14-19-37(47)20-15-34/h6-7,10-21,26-29H,4-5,8-9,22-25H2,1-3H3,(H,49,50). The summed E-state index contributed by atoms with van der Waals surface area (Å²) in [6, 6.07) is 26.9.